The normalized spacial score (nSPS) is 12.7. The maximum Gasteiger partial charge on any atom is 0.160 e. The SMILES string of the molecule is C#C.CC(=O)c1cc(-c2ccc(C3=CC=C(CCCO)CC3)s2)nc(/C=C\N)c1C.CO. The Balaban J connectivity index is 0.00000121. The second kappa shape index (κ2) is 14.2. The van der Waals surface area contributed by atoms with Crippen LogP contribution in [0, 0.1) is 19.8 Å². The van der Waals surface area contributed by atoms with Crippen LogP contribution in [0.15, 0.2) is 42.1 Å². The van der Waals surface area contributed by atoms with Crippen LogP contribution >= 0.6 is 11.3 Å². The van der Waals surface area contributed by atoms with Gasteiger partial charge in [-0.3, -0.25) is 4.79 Å². The van der Waals surface area contributed by atoms with Gasteiger partial charge >= 0.3 is 0 Å². The number of aliphatic hydroxyl groups excluding tert-OH is 2. The Morgan fingerprint density at radius 3 is 2.47 bits per heavy atom. The smallest absolute Gasteiger partial charge is 0.160 e. The van der Waals surface area contributed by atoms with Crippen LogP contribution in [0.2, 0.25) is 0 Å². The van der Waals surface area contributed by atoms with Crippen LogP contribution in [0.1, 0.15) is 59.1 Å². The molecule has 5 nitrogen and oxygen atoms in total. The highest BCUT2D eigenvalue weighted by molar-refractivity contribution is 7.16. The second-order valence-corrected chi connectivity index (χ2v) is 8.07. The van der Waals surface area contributed by atoms with Crippen molar-refractivity contribution >= 4 is 28.8 Å². The summed E-state index contributed by atoms with van der Waals surface area (Å²) in [6.45, 7) is 3.72. The summed E-state index contributed by atoms with van der Waals surface area (Å²) in [4.78, 5) is 19.0. The van der Waals surface area contributed by atoms with Crippen molar-refractivity contribution in [3.63, 3.8) is 0 Å². The van der Waals surface area contributed by atoms with E-state index < -0.39 is 0 Å². The van der Waals surface area contributed by atoms with Gasteiger partial charge in [-0.1, -0.05) is 17.7 Å². The number of aliphatic hydroxyl groups is 2. The number of thiophene rings is 1. The van der Waals surface area contributed by atoms with Crippen LogP contribution in [0.25, 0.3) is 22.2 Å². The van der Waals surface area contributed by atoms with Gasteiger partial charge in [-0.2, -0.15) is 0 Å². The van der Waals surface area contributed by atoms with Gasteiger partial charge in [0.15, 0.2) is 5.78 Å². The van der Waals surface area contributed by atoms with Crippen molar-refractivity contribution in [1.82, 2.24) is 4.98 Å². The molecule has 32 heavy (non-hydrogen) atoms. The molecule has 0 aliphatic heterocycles. The van der Waals surface area contributed by atoms with Crippen molar-refractivity contribution in [3.05, 3.63) is 63.8 Å². The second-order valence-electron chi connectivity index (χ2n) is 6.99. The molecule has 2 aromatic heterocycles. The Morgan fingerprint density at radius 2 is 1.91 bits per heavy atom. The first-order valence-electron chi connectivity index (χ1n) is 10.3. The van der Waals surface area contributed by atoms with E-state index in [1.807, 2.05) is 13.0 Å². The lowest BCUT2D eigenvalue weighted by Gasteiger charge is -2.13. The molecule has 2 heterocycles. The molecule has 0 bridgehead atoms. The van der Waals surface area contributed by atoms with Gasteiger partial charge in [0.1, 0.15) is 0 Å². The fourth-order valence-corrected chi connectivity index (χ4v) is 4.44. The average Bonchev–Trinajstić information content (AvgIpc) is 3.32. The van der Waals surface area contributed by atoms with Crippen molar-refractivity contribution < 1.29 is 15.0 Å². The summed E-state index contributed by atoms with van der Waals surface area (Å²) < 4.78 is 0. The first kappa shape index (κ1) is 27.1. The van der Waals surface area contributed by atoms with Crippen molar-refractivity contribution in [2.75, 3.05) is 13.7 Å². The first-order chi connectivity index (χ1) is 15.5. The maximum absolute atomic E-state index is 12.1. The third-order valence-corrected chi connectivity index (χ3v) is 6.19. The molecule has 0 fully saturated rings. The van der Waals surface area contributed by atoms with E-state index in [0.717, 1.165) is 54.6 Å². The number of carbonyl (C=O) groups excluding carboxylic acids is 1. The van der Waals surface area contributed by atoms with Crippen molar-refractivity contribution in [2.24, 2.45) is 5.73 Å². The number of rotatable bonds is 7. The molecule has 6 heteroatoms. The quantitative estimate of drug-likeness (QED) is 0.406. The molecule has 1 aliphatic carbocycles. The number of pyridine rings is 1. The zero-order valence-electron chi connectivity index (χ0n) is 19.0. The summed E-state index contributed by atoms with van der Waals surface area (Å²) >= 11 is 1.70. The molecular weight excluding hydrogens is 420 g/mol. The zero-order valence-corrected chi connectivity index (χ0v) is 19.8. The zero-order chi connectivity index (χ0) is 24.1. The lowest BCUT2D eigenvalue weighted by Crippen LogP contribution is -2.02. The molecule has 0 amide bonds. The third-order valence-electron chi connectivity index (χ3n) is 5.01. The van der Waals surface area contributed by atoms with E-state index >= 15 is 0 Å². The highest BCUT2D eigenvalue weighted by atomic mass is 32.1. The molecule has 0 aromatic carbocycles. The molecule has 2 aromatic rings. The Labute approximate surface area is 195 Å². The van der Waals surface area contributed by atoms with Crippen molar-refractivity contribution in [1.29, 1.82) is 0 Å². The summed E-state index contributed by atoms with van der Waals surface area (Å²) in [5, 5.41) is 16.0. The summed E-state index contributed by atoms with van der Waals surface area (Å²) in [7, 11) is 1.00. The van der Waals surface area contributed by atoms with Crippen LogP contribution in [0.3, 0.4) is 0 Å². The van der Waals surface area contributed by atoms with Crippen molar-refractivity contribution in [2.45, 2.75) is 39.5 Å². The largest absolute Gasteiger partial charge is 0.405 e. The van der Waals surface area contributed by atoms with Gasteiger partial charge in [0.2, 0.25) is 0 Å². The number of hydrogen-bond acceptors (Lipinski definition) is 6. The number of aromatic nitrogens is 1. The van der Waals surface area contributed by atoms with E-state index in [0.29, 0.717) is 5.56 Å². The molecule has 4 N–H and O–H groups in total. The molecule has 0 atom stereocenters. The minimum Gasteiger partial charge on any atom is -0.405 e. The summed E-state index contributed by atoms with van der Waals surface area (Å²) in [5.74, 6) is 0.0279. The molecule has 170 valence electrons. The molecular formula is C26H32N2O3S. The summed E-state index contributed by atoms with van der Waals surface area (Å²) in [6, 6.07) is 6.08. The monoisotopic (exact) mass is 452 g/mol. The number of terminal acetylenes is 1. The highest BCUT2D eigenvalue weighted by Gasteiger charge is 2.15. The highest BCUT2D eigenvalue weighted by Crippen LogP contribution is 2.36. The Bertz CT molecular complexity index is 1010. The third kappa shape index (κ3) is 7.03. The van der Waals surface area contributed by atoms with Gasteiger partial charge in [-0.25, -0.2) is 4.98 Å². The summed E-state index contributed by atoms with van der Waals surface area (Å²) in [5.41, 5.74) is 11.3. The molecule has 0 saturated heterocycles. The van der Waals surface area contributed by atoms with Gasteiger partial charge in [-0.05, 0) is 81.1 Å². The fraction of sp³-hybridized carbons (Fsp3) is 0.308. The van der Waals surface area contributed by atoms with E-state index in [2.05, 4.69) is 37.1 Å². The Morgan fingerprint density at radius 1 is 1.22 bits per heavy atom. The maximum atomic E-state index is 12.1. The molecule has 0 saturated carbocycles. The molecule has 0 radical (unpaired) electrons. The van der Waals surface area contributed by atoms with Gasteiger partial charge < -0.3 is 15.9 Å². The average molecular weight is 453 g/mol. The number of carbonyl (C=O) groups is 1. The van der Waals surface area contributed by atoms with E-state index in [1.54, 1.807) is 24.3 Å². The fourth-order valence-electron chi connectivity index (χ4n) is 3.42. The topological polar surface area (TPSA) is 96.4 Å². The van der Waals surface area contributed by atoms with Crippen molar-refractivity contribution in [3.8, 4) is 23.4 Å². The van der Waals surface area contributed by atoms with Gasteiger partial charge in [0.05, 0.1) is 16.3 Å². The van der Waals surface area contributed by atoms with E-state index in [9.17, 15) is 4.79 Å². The van der Waals surface area contributed by atoms with Gasteiger partial charge in [0, 0.05) is 24.2 Å². The number of allylic oxidation sites excluding steroid dienone is 4. The van der Waals surface area contributed by atoms with E-state index in [1.165, 1.54) is 22.2 Å². The number of Topliss-reactive ketones (excluding diaryl/α,β-unsaturated/α-hetero) is 1. The Hall–Kier alpha value is -2.98. The van der Waals surface area contributed by atoms with Crippen LogP contribution in [0.5, 0.6) is 0 Å². The molecule has 1 aliphatic rings. The number of hydrogen-bond donors (Lipinski definition) is 3. The van der Waals surface area contributed by atoms with E-state index in [4.69, 9.17) is 20.9 Å². The lowest BCUT2D eigenvalue weighted by atomic mass is 9.95. The van der Waals surface area contributed by atoms with Crippen LogP contribution in [0.4, 0.5) is 0 Å². The first-order valence-corrected chi connectivity index (χ1v) is 11.1. The predicted octanol–water partition coefficient (Wildman–Crippen LogP) is 4.98. The minimum absolute atomic E-state index is 0.0279. The predicted molar refractivity (Wildman–Crippen MR) is 135 cm³/mol. The Kier molecular flexibility index (Phi) is 12.0. The minimum atomic E-state index is 0.0279. The van der Waals surface area contributed by atoms with E-state index in [-0.39, 0.29) is 12.4 Å². The molecule has 0 spiro atoms. The number of nitrogens with two attached hydrogens (primary N) is 1. The summed E-state index contributed by atoms with van der Waals surface area (Å²) in [6.07, 6.45) is 19.4. The standard InChI is InChI=1S/C23H26N2O2S.C2H2.CH4O/c1-15-19(16(2)27)14-21(25-20(15)11-12-24)23-10-9-22(28-23)18-7-5-17(6-8-18)4-3-13-26;2*1-2/h5,7,9-12,14,26H,3-4,6,8,13,24H2,1-2H3;1-2H;2H,1H3/b12-11-;;. The number of ketones is 1. The van der Waals surface area contributed by atoms with Gasteiger partial charge in [0.25, 0.3) is 0 Å². The lowest BCUT2D eigenvalue weighted by molar-refractivity contribution is 0.101. The van der Waals surface area contributed by atoms with Gasteiger partial charge in [-0.15, -0.1) is 24.2 Å². The van der Waals surface area contributed by atoms with Crippen LogP contribution < -0.4 is 5.73 Å². The number of nitrogens with zero attached hydrogens (tertiary/aromatic N) is 1. The molecule has 0 unspecified atom stereocenters. The van der Waals surface area contributed by atoms with Crippen LogP contribution in [-0.2, 0) is 0 Å². The molecule has 3 rings (SSSR count). The van der Waals surface area contributed by atoms with Crippen LogP contribution in [-0.4, -0.2) is 34.7 Å².